The van der Waals surface area contributed by atoms with Gasteiger partial charge in [0.05, 0.1) is 24.9 Å². The molecule has 1 unspecified atom stereocenters. The summed E-state index contributed by atoms with van der Waals surface area (Å²) in [6.07, 6.45) is 2.54. The summed E-state index contributed by atoms with van der Waals surface area (Å²) >= 11 is 0. The van der Waals surface area contributed by atoms with Gasteiger partial charge in [0.2, 0.25) is 5.91 Å². The zero-order valence-corrected chi connectivity index (χ0v) is 18.3. The van der Waals surface area contributed by atoms with Crippen molar-refractivity contribution < 1.29 is 23.5 Å². The maximum Gasteiger partial charge on any atom is 0.410 e. The Bertz CT molecular complexity index is 908. The molecule has 1 aromatic rings. The Kier molecular flexibility index (Phi) is 5.69. The fourth-order valence-electron chi connectivity index (χ4n) is 4.41. The van der Waals surface area contributed by atoms with Gasteiger partial charge in [0.25, 0.3) is 5.91 Å². The van der Waals surface area contributed by atoms with Crippen LogP contribution in [0.3, 0.4) is 0 Å². The van der Waals surface area contributed by atoms with Crippen molar-refractivity contribution in [2.45, 2.75) is 58.2 Å². The van der Waals surface area contributed by atoms with Crippen molar-refractivity contribution in [3.63, 3.8) is 0 Å². The van der Waals surface area contributed by atoms with Gasteiger partial charge in [-0.2, -0.15) is 0 Å². The number of likely N-dealkylation sites (tertiary alicyclic amines) is 2. The number of hydrogen-bond acceptors (Lipinski definition) is 5. The first-order chi connectivity index (χ1) is 14.7. The number of fused-ring (bicyclic) bond motifs is 1. The first kappa shape index (κ1) is 21.3. The van der Waals surface area contributed by atoms with Gasteiger partial charge in [-0.3, -0.25) is 14.5 Å². The maximum atomic E-state index is 12.6. The van der Waals surface area contributed by atoms with Crippen molar-refractivity contribution in [3.05, 3.63) is 24.2 Å². The molecule has 0 spiro atoms. The summed E-state index contributed by atoms with van der Waals surface area (Å²) < 4.78 is 10.9. The maximum absolute atomic E-state index is 12.6. The minimum Gasteiger partial charge on any atom is -0.469 e. The van der Waals surface area contributed by atoms with Crippen LogP contribution in [0.5, 0.6) is 0 Å². The third-order valence-electron chi connectivity index (χ3n) is 5.96. The molecule has 4 heterocycles. The minimum absolute atomic E-state index is 0.0301. The lowest BCUT2D eigenvalue weighted by atomic mass is 9.98. The number of nitrogens with zero attached hydrogens (tertiary/aromatic N) is 3. The zero-order chi connectivity index (χ0) is 22.2. The highest BCUT2D eigenvalue weighted by Crippen LogP contribution is 2.32. The van der Waals surface area contributed by atoms with E-state index < -0.39 is 0 Å². The standard InChI is InChI=1S/C23H29N3O5/c1-23(2,3)10-8-21(28)24-11-9-16(13-24)26-18-14-25(15-19(18)31-22(26)29)20(27)7-6-17-5-4-12-30-17/h4-5,12,16,18-19H,6-7,9,11,13-15H2,1-3H3/t16?,18-,19+/m1/s1. The number of hydrogen-bond donors (Lipinski definition) is 0. The second-order valence-electron chi connectivity index (χ2n) is 9.47. The summed E-state index contributed by atoms with van der Waals surface area (Å²) in [7, 11) is 0. The Morgan fingerprint density at radius 2 is 2.00 bits per heavy atom. The van der Waals surface area contributed by atoms with E-state index in [2.05, 4.69) is 11.8 Å². The van der Waals surface area contributed by atoms with Gasteiger partial charge in [-0.15, -0.1) is 0 Å². The molecule has 0 aromatic carbocycles. The van der Waals surface area contributed by atoms with Gasteiger partial charge in [-0.25, -0.2) is 4.79 Å². The van der Waals surface area contributed by atoms with E-state index in [-0.39, 0.29) is 41.5 Å². The van der Waals surface area contributed by atoms with Crippen LogP contribution in [-0.2, 0) is 20.7 Å². The number of carbonyl (C=O) groups excluding carboxylic acids is 3. The molecule has 1 aromatic heterocycles. The number of aryl methyl sites for hydroxylation is 1. The van der Waals surface area contributed by atoms with E-state index in [4.69, 9.17) is 9.15 Å². The predicted molar refractivity (Wildman–Crippen MR) is 112 cm³/mol. The van der Waals surface area contributed by atoms with Crippen LogP contribution >= 0.6 is 0 Å². The Morgan fingerprint density at radius 1 is 1.19 bits per heavy atom. The number of carbonyl (C=O) groups is 3. The summed E-state index contributed by atoms with van der Waals surface area (Å²) in [5.41, 5.74) is -0.239. The quantitative estimate of drug-likeness (QED) is 0.686. The average molecular weight is 428 g/mol. The molecule has 3 aliphatic rings. The van der Waals surface area contributed by atoms with Crippen LogP contribution in [0.4, 0.5) is 4.79 Å². The molecule has 31 heavy (non-hydrogen) atoms. The molecule has 8 nitrogen and oxygen atoms in total. The molecule has 0 aliphatic carbocycles. The largest absolute Gasteiger partial charge is 0.469 e. The molecule has 3 amide bonds. The van der Waals surface area contributed by atoms with Gasteiger partial charge in [-0.1, -0.05) is 5.92 Å². The number of rotatable bonds is 4. The van der Waals surface area contributed by atoms with Crippen LogP contribution < -0.4 is 0 Å². The fourth-order valence-corrected chi connectivity index (χ4v) is 4.41. The van der Waals surface area contributed by atoms with Gasteiger partial charge in [-0.05, 0) is 45.2 Å². The predicted octanol–water partition coefficient (Wildman–Crippen LogP) is 1.89. The van der Waals surface area contributed by atoms with Crippen molar-refractivity contribution in [2.75, 3.05) is 26.2 Å². The third kappa shape index (κ3) is 4.71. The molecule has 0 radical (unpaired) electrons. The monoisotopic (exact) mass is 427 g/mol. The molecule has 3 atom stereocenters. The number of ether oxygens (including phenoxy) is 1. The second-order valence-corrected chi connectivity index (χ2v) is 9.47. The molecule has 0 bridgehead atoms. The van der Waals surface area contributed by atoms with E-state index >= 15 is 0 Å². The molecule has 3 aliphatic heterocycles. The molecule has 166 valence electrons. The second kappa shape index (κ2) is 8.29. The molecule has 0 saturated carbocycles. The van der Waals surface area contributed by atoms with Crippen molar-refractivity contribution in [3.8, 4) is 11.8 Å². The van der Waals surface area contributed by atoms with Crippen LogP contribution in [0, 0.1) is 17.3 Å². The molecule has 0 N–H and O–H groups in total. The highest BCUT2D eigenvalue weighted by molar-refractivity contribution is 5.94. The van der Waals surface area contributed by atoms with E-state index in [0.717, 1.165) is 5.76 Å². The van der Waals surface area contributed by atoms with Crippen molar-refractivity contribution in [1.82, 2.24) is 14.7 Å². The van der Waals surface area contributed by atoms with Crippen LogP contribution in [0.15, 0.2) is 22.8 Å². The van der Waals surface area contributed by atoms with E-state index in [1.165, 1.54) is 0 Å². The fraction of sp³-hybridized carbons (Fsp3) is 0.609. The summed E-state index contributed by atoms with van der Waals surface area (Å²) in [6.45, 7) is 7.77. The Labute approximate surface area is 182 Å². The van der Waals surface area contributed by atoms with E-state index in [9.17, 15) is 14.4 Å². The zero-order valence-electron chi connectivity index (χ0n) is 18.3. The Balaban J connectivity index is 1.34. The molecule has 3 fully saturated rings. The lowest BCUT2D eigenvalue weighted by Gasteiger charge is -2.27. The Hall–Kier alpha value is -2.95. The third-order valence-corrected chi connectivity index (χ3v) is 5.96. The smallest absolute Gasteiger partial charge is 0.410 e. The van der Waals surface area contributed by atoms with E-state index in [1.54, 1.807) is 21.0 Å². The molecular formula is C23H29N3O5. The van der Waals surface area contributed by atoms with Crippen LogP contribution in [0.1, 0.15) is 39.4 Å². The van der Waals surface area contributed by atoms with Crippen LogP contribution in [0.2, 0.25) is 0 Å². The van der Waals surface area contributed by atoms with Crippen LogP contribution in [-0.4, -0.2) is 77.0 Å². The topological polar surface area (TPSA) is 83.3 Å². The van der Waals surface area contributed by atoms with E-state index in [1.807, 2.05) is 32.9 Å². The van der Waals surface area contributed by atoms with Gasteiger partial charge < -0.3 is 19.0 Å². The normalized spacial score (nSPS) is 25.3. The van der Waals surface area contributed by atoms with Gasteiger partial charge in [0, 0.05) is 37.9 Å². The lowest BCUT2D eigenvalue weighted by molar-refractivity contribution is -0.130. The Morgan fingerprint density at radius 3 is 2.71 bits per heavy atom. The number of furan rings is 1. The van der Waals surface area contributed by atoms with Gasteiger partial charge in [0.15, 0.2) is 0 Å². The summed E-state index contributed by atoms with van der Waals surface area (Å²) in [4.78, 5) is 42.8. The summed E-state index contributed by atoms with van der Waals surface area (Å²) in [5, 5.41) is 0. The van der Waals surface area contributed by atoms with Crippen molar-refractivity contribution in [1.29, 1.82) is 0 Å². The summed E-state index contributed by atoms with van der Waals surface area (Å²) in [5.74, 6) is 6.30. The highest BCUT2D eigenvalue weighted by Gasteiger charge is 2.52. The first-order valence-electron chi connectivity index (χ1n) is 10.8. The average Bonchev–Trinajstić information content (AvgIpc) is 3.47. The molecule has 8 heteroatoms. The summed E-state index contributed by atoms with van der Waals surface area (Å²) in [6, 6.07) is 3.39. The first-order valence-corrected chi connectivity index (χ1v) is 10.8. The number of amides is 3. The molecule has 3 saturated heterocycles. The SMILES string of the molecule is CC(C)(C)C#CC(=O)N1CCC(N2C(=O)O[C@H]3CN(C(=O)CCc4ccco4)C[C@H]32)C1. The highest BCUT2D eigenvalue weighted by atomic mass is 16.6. The van der Waals surface area contributed by atoms with Crippen molar-refractivity contribution >= 4 is 17.9 Å². The molecular weight excluding hydrogens is 398 g/mol. The van der Waals surface area contributed by atoms with Gasteiger partial charge in [0.1, 0.15) is 11.9 Å². The molecule has 4 rings (SSSR count). The lowest BCUT2D eigenvalue weighted by Crippen LogP contribution is -2.47. The van der Waals surface area contributed by atoms with E-state index in [0.29, 0.717) is 45.4 Å². The minimum atomic E-state index is -0.349. The van der Waals surface area contributed by atoms with Crippen LogP contribution in [0.25, 0.3) is 0 Å². The van der Waals surface area contributed by atoms with Gasteiger partial charge >= 0.3 is 6.09 Å². The van der Waals surface area contributed by atoms with Crippen molar-refractivity contribution in [2.24, 2.45) is 5.41 Å².